The van der Waals surface area contributed by atoms with Gasteiger partial charge in [0.05, 0.1) is 40.8 Å². The Morgan fingerprint density at radius 1 is 1.24 bits per heavy atom. The third-order valence-electron chi connectivity index (χ3n) is 5.21. The molecule has 0 spiro atoms. The highest BCUT2D eigenvalue weighted by Crippen LogP contribution is 2.41. The molecule has 3 N–H and O–H groups in total. The molecule has 1 amide bonds. The number of carbonyl (C=O) groups is 1. The maximum Gasteiger partial charge on any atom is 0.417 e. The fraction of sp³-hybridized carbons (Fsp3) is 0.409. The highest BCUT2D eigenvalue weighted by Gasteiger charge is 2.38. The van der Waals surface area contributed by atoms with Gasteiger partial charge in [-0.1, -0.05) is 20.8 Å². The minimum atomic E-state index is -4.82. The van der Waals surface area contributed by atoms with Crippen LogP contribution in [0.15, 0.2) is 28.9 Å². The van der Waals surface area contributed by atoms with Crippen molar-refractivity contribution in [3.63, 3.8) is 0 Å². The van der Waals surface area contributed by atoms with Gasteiger partial charge < -0.3 is 25.1 Å². The van der Waals surface area contributed by atoms with Gasteiger partial charge in [-0.25, -0.2) is 0 Å². The van der Waals surface area contributed by atoms with Crippen LogP contribution in [0, 0.1) is 0 Å². The van der Waals surface area contributed by atoms with Crippen molar-refractivity contribution in [2.24, 2.45) is 0 Å². The summed E-state index contributed by atoms with van der Waals surface area (Å²) in [6.45, 7) is 6.07. The van der Waals surface area contributed by atoms with Crippen LogP contribution < -0.4 is 10.6 Å². The summed E-state index contributed by atoms with van der Waals surface area (Å²) >= 11 is 0.879. The van der Waals surface area contributed by atoms with Crippen molar-refractivity contribution in [1.29, 1.82) is 0 Å². The summed E-state index contributed by atoms with van der Waals surface area (Å²) in [5, 5.41) is 16.6. The molecule has 0 bridgehead atoms. The Bertz CT molecular complexity index is 1160. The monoisotopic (exact) mass is 497 g/mol. The molecule has 0 aliphatic rings. The number of alkyl halides is 3. The molecule has 0 saturated heterocycles. The molecule has 1 atom stereocenters. The third kappa shape index (κ3) is 5.27. The van der Waals surface area contributed by atoms with Crippen LogP contribution >= 0.6 is 11.7 Å². The number of phenols is 1. The smallest absolute Gasteiger partial charge is 0.417 e. The molecule has 12 heteroatoms. The molecule has 0 aliphatic heterocycles. The second-order valence-corrected chi connectivity index (χ2v) is 8.74. The van der Waals surface area contributed by atoms with E-state index < -0.39 is 29.0 Å². The molecule has 1 aromatic carbocycles. The molecule has 3 aromatic rings. The van der Waals surface area contributed by atoms with Gasteiger partial charge in [-0.3, -0.25) is 4.79 Å². The number of nitrogens with one attached hydrogen (secondary N) is 2. The minimum absolute atomic E-state index is 0.109. The summed E-state index contributed by atoms with van der Waals surface area (Å²) in [5.41, 5.74) is -1.13. The van der Waals surface area contributed by atoms with E-state index in [1.165, 1.54) is 14.1 Å². The standard InChI is InChI=1S/C22H26F3N5O3S/c1-6-14(16-9-12(10-33-16)11(2)3)26-19-20(29-34-28-19)27-15-8-7-13(22(23,24)25)17(18(15)31)21(32)30(4)5/h7-11,14,31H,6H2,1-5H3,(H,26,28)(H,27,29)/t14-/m1/s1. The first-order chi connectivity index (χ1) is 15.9. The van der Waals surface area contributed by atoms with Gasteiger partial charge in [0.2, 0.25) is 0 Å². The number of carbonyl (C=O) groups excluding carboxylic acids is 1. The molecule has 2 aromatic heterocycles. The van der Waals surface area contributed by atoms with Crippen molar-refractivity contribution in [3.05, 3.63) is 46.9 Å². The first-order valence-electron chi connectivity index (χ1n) is 10.5. The van der Waals surface area contributed by atoms with E-state index in [2.05, 4.69) is 33.2 Å². The molecule has 0 fully saturated rings. The second kappa shape index (κ2) is 9.92. The molecule has 0 aliphatic carbocycles. The Kier molecular flexibility index (Phi) is 7.39. The number of aromatic hydroxyl groups is 1. The maximum absolute atomic E-state index is 13.5. The van der Waals surface area contributed by atoms with Crippen LogP contribution in [0.2, 0.25) is 0 Å². The summed E-state index contributed by atoms with van der Waals surface area (Å²) in [5.74, 6) is -0.270. The summed E-state index contributed by atoms with van der Waals surface area (Å²) in [6, 6.07) is 3.52. The lowest BCUT2D eigenvalue weighted by molar-refractivity contribution is -0.138. The number of rotatable bonds is 8. The summed E-state index contributed by atoms with van der Waals surface area (Å²) in [7, 11) is 2.61. The van der Waals surface area contributed by atoms with Gasteiger partial charge in [-0.2, -0.15) is 21.9 Å². The first kappa shape index (κ1) is 25.3. The number of furan rings is 1. The van der Waals surface area contributed by atoms with E-state index in [-0.39, 0.29) is 17.5 Å². The van der Waals surface area contributed by atoms with Crippen molar-refractivity contribution in [2.75, 3.05) is 24.7 Å². The van der Waals surface area contributed by atoms with Gasteiger partial charge in [0, 0.05) is 14.1 Å². The van der Waals surface area contributed by atoms with Gasteiger partial charge in [0.15, 0.2) is 17.4 Å². The average molecular weight is 498 g/mol. The third-order valence-corrected chi connectivity index (χ3v) is 5.74. The van der Waals surface area contributed by atoms with Crippen LogP contribution in [0.4, 0.5) is 30.5 Å². The number of amides is 1. The first-order valence-corrected chi connectivity index (χ1v) is 11.3. The van der Waals surface area contributed by atoms with E-state index >= 15 is 0 Å². The lowest BCUT2D eigenvalue weighted by atomic mass is 10.0. The number of halogens is 3. The Morgan fingerprint density at radius 3 is 2.47 bits per heavy atom. The number of phenolic OH excluding ortho intramolecular Hbond substituents is 1. The van der Waals surface area contributed by atoms with E-state index in [1.807, 2.05) is 13.0 Å². The van der Waals surface area contributed by atoms with Gasteiger partial charge in [-0.05, 0) is 36.1 Å². The Balaban J connectivity index is 1.92. The van der Waals surface area contributed by atoms with Crippen molar-refractivity contribution in [2.45, 2.75) is 45.3 Å². The van der Waals surface area contributed by atoms with Crippen LogP contribution in [0.3, 0.4) is 0 Å². The number of anilines is 3. The Morgan fingerprint density at radius 2 is 1.91 bits per heavy atom. The topological polar surface area (TPSA) is 104 Å². The van der Waals surface area contributed by atoms with Gasteiger partial charge in [-0.15, -0.1) is 0 Å². The molecule has 0 saturated carbocycles. The molecule has 0 unspecified atom stereocenters. The van der Waals surface area contributed by atoms with Gasteiger partial charge in [0.1, 0.15) is 5.76 Å². The van der Waals surface area contributed by atoms with Crippen LogP contribution in [0.1, 0.15) is 66.4 Å². The number of hydrogen-bond donors (Lipinski definition) is 3. The summed E-state index contributed by atoms with van der Waals surface area (Å²) in [4.78, 5) is 13.4. The highest BCUT2D eigenvalue weighted by atomic mass is 32.1. The molecule has 0 radical (unpaired) electrons. The van der Waals surface area contributed by atoms with Crippen LogP contribution in [0.5, 0.6) is 5.75 Å². The number of hydrogen-bond acceptors (Lipinski definition) is 8. The molecule has 3 rings (SSSR count). The fourth-order valence-electron chi connectivity index (χ4n) is 3.25. The van der Waals surface area contributed by atoms with Crippen molar-refractivity contribution in [1.82, 2.24) is 13.6 Å². The second-order valence-electron chi connectivity index (χ2n) is 8.21. The zero-order valence-corrected chi connectivity index (χ0v) is 20.1. The van der Waals surface area contributed by atoms with Crippen LogP contribution in [-0.2, 0) is 6.18 Å². The summed E-state index contributed by atoms with van der Waals surface area (Å²) < 4.78 is 54.5. The minimum Gasteiger partial charge on any atom is -0.505 e. The summed E-state index contributed by atoms with van der Waals surface area (Å²) in [6.07, 6.45) is -2.46. The predicted octanol–water partition coefficient (Wildman–Crippen LogP) is 5.99. The zero-order chi connectivity index (χ0) is 25.2. The Hall–Kier alpha value is -3.28. The fourth-order valence-corrected chi connectivity index (χ4v) is 3.73. The van der Waals surface area contributed by atoms with Crippen molar-refractivity contribution in [3.8, 4) is 5.75 Å². The molecular formula is C22H26F3N5O3S. The Labute approximate surface area is 199 Å². The average Bonchev–Trinajstić information content (AvgIpc) is 3.41. The quantitative estimate of drug-likeness (QED) is 0.329. The van der Waals surface area contributed by atoms with E-state index in [0.29, 0.717) is 23.9 Å². The molecule has 34 heavy (non-hydrogen) atoms. The van der Waals surface area contributed by atoms with Crippen molar-refractivity contribution < 1.29 is 27.5 Å². The molecule has 8 nitrogen and oxygen atoms in total. The van der Waals surface area contributed by atoms with Crippen LogP contribution in [-0.4, -0.2) is 38.8 Å². The normalized spacial score (nSPS) is 12.6. The van der Waals surface area contributed by atoms with E-state index in [4.69, 9.17) is 4.42 Å². The lowest BCUT2D eigenvalue weighted by Gasteiger charge is -2.20. The molecule has 2 heterocycles. The number of aromatic nitrogens is 2. The van der Waals surface area contributed by atoms with Gasteiger partial charge >= 0.3 is 6.18 Å². The molecular weight excluding hydrogens is 471 g/mol. The number of benzene rings is 1. The largest absolute Gasteiger partial charge is 0.505 e. The maximum atomic E-state index is 13.5. The molecule has 184 valence electrons. The lowest BCUT2D eigenvalue weighted by Crippen LogP contribution is -2.25. The van der Waals surface area contributed by atoms with E-state index in [1.54, 1.807) is 6.26 Å². The van der Waals surface area contributed by atoms with Crippen LogP contribution in [0.25, 0.3) is 0 Å². The van der Waals surface area contributed by atoms with E-state index in [0.717, 1.165) is 34.3 Å². The van der Waals surface area contributed by atoms with Gasteiger partial charge in [0.25, 0.3) is 5.91 Å². The predicted molar refractivity (Wildman–Crippen MR) is 124 cm³/mol. The van der Waals surface area contributed by atoms with E-state index in [9.17, 15) is 23.1 Å². The zero-order valence-electron chi connectivity index (χ0n) is 19.3. The SMILES string of the molecule is CC[C@@H](Nc1nsnc1Nc1ccc(C(F)(F)F)c(C(=O)N(C)C)c1O)c1cc(C(C)C)co1. The van der Waals surface area contributed by atoms with Crippen molar-refractivity contribution >= 4 is 35.0 Å². The number of nitrogens with zero attached hydrogens (tertiary/aromatic N) is 3. The highest BCUT2D eigenvalue weighted by molar-refractivity contribution is 6.99.